The maximum Gasteiger partial charge on any atom is 0.0555 e. The summed E-state index contributed by atoms with van der Waals surface area (Å²) in [5, 5.41) is 10.3. The van der Waals surface area contributed by atoms with E-state index in [1.807, 2.05) is 11.3 Å². The Morgan fingerprint density at radius 2 is 0.980 bits per heavy atom. The minimum Gasteiger partial charge on any atom is -0.309 e. The van der Waals surface area contributed by atoms with E-state index in [0.29, 0.717) is 0 Å². The van der Waals surface area contributed by atoms with Crippen molar-refractivity contribution in [3.63, 3.8) is 0 Å². The number of para-hydroxylation sites is 2. The van der Waals surface area contributed by atoms with E-state index in [9.17, 15) is 0 Å². The molecule has 0 radical (unpaired) electrons. The molecule has 0 fully saturated rings. The van der Waals surface area contributed by atoms with E-state index in [4.69, 9.17) is 0 Å². The lowest BCUT2D eigenvalue weighted by atomic mass is 10.00. The van der Waals surface area contributed by atoms with Crippen molar-refractivity contribution in [2.45, 2.75) is 0 Å². The number of hydrogen-bond acceptors (Lipinski definition) is 1. The Balaban J connectivity index is 1.19. The Bertz CT molecular complexity index is 3100. The van der Waals surface area contributed by atoms with E-state index >= 15 is 0 Å². The van der Waals surface area contributed by atoms with Crippen LogP contribution in [0.5, 0.6) is 0 Å². The van der Waals surface area contributed by atoms with E-state index in [1.165, 1.54) is 97.1 Å². The summed E-state index contributed by atoms with van der Waals surface area (Å²) in [6, 6.07) is 62.4. The van der Waals surface area contributed by atoms with E-state index in [-0.39, 0.29) is 0 Å². The molecule has 0 spiro atoms. The maximum absolute atomic E-state index is 2.46. The Labute approximate surface area is 286 Å². The van der Waals surface area contributed by atoms with Crippen molar-refractivity contribution in [3.05, 3.63) is 170 Å². The number of thiophene rings is 1. The van der Waals surface area contributed by atoms with Crippen LogP contribution in [0.15, 0.2) is 170 Å². The lowest BCUT2D eigenvalue weighted by Crippen LogP contribution is -1.94. The highest BCUT2D eigenvalue weighted by Crippen LogP contribution is 2.45. The average molecular weight is 641 g/mol. The fourth-order valence-corrected chi connectivity index (χ4v) is 9.33. The molecule has 0 saturated carbocycles. The van der Waals surface area contributed by atoms with Crippen LogP contribution >= 0.6 is 11.3 Å². The highest BCUT2D eigenvalue weighted by Gasteiger charge is 2.19. The van der Waals surface area contributed by atoms with E-state index in [2.05, 4.69) is 179 Å². The molecule has 0 aliphatic carbocycles. The summed E-state index contributed by atoms with van der Waals surface area (Å²) < 4.78 is 7.52. The normalized spacial score (nSPS) is 12.1. The lowest BCUT2D eigenvalue weighted by molar-refractivity contribution is 1.18. The molecule has 3 heteroatoms. The van der Waals surface area contributed by atoms with Crippen molar-refractivity contribution in [3.8, 4) is 22.5 Å². The first-order valence-electron chi connectivity index (χ1n) is 16.8. The molecule has 0 bridgehead atoms. The van der Waals surface area contributed by atoms with Gasteiger partial charge in [-0.3, -0.25) is 0 Å². The van der Waals surface area contributed by atoms with E-state index in [1.54, 1.807) is 0 Å². The van der Waals surface area contributed by atoms with Crippen molar-refractivity contribution < 1.29 is 0 Å². The molecule has 0 N–H and O–H groups in total. The lowest BCUT2D eigenvalue weighted by Gasteiger charge is -2.10. The SMILES string of the molecule is c1ccc(-n2c3ccccc3c3cc(-c4ccc5c(c4)c4c6sc7ccccc7c6ccc4n5-c4ccc5ccccc5c4)ccc32)cc1. The average Bonchev–Trinajstić information content (AvgIpc) is 3.82. The quantitative estimate of drug-likeness (QED) is 0.182. The van der Waals surface area contributed by atoms with Gasteiger partial charge >= 0.3 is 0 Å². The minimum atomic E-state index is 1.18. The van der Waals surface area contributed by atoms with Gasteiger partial charge in [0.2, 0.25) is 0 Å². The largest absolute Gasteiger partial charge is 0.309 e. The third-order valence-corrected chi connectivity index (χ3v) is 11.5. The van der Waals surface area contributed by atoms with Crippen molar-refractivity contribution in [1.82, 2.24) is 9.13 Å². The monoisotopic (exact) mass is 640 g/mol. The van der Waals surface area contributed by atoms with E-state index in [0.717, 1.165) is 0 Å². The minimum absolute atomic E-state index is 1.18. The first-order valence-corrected chi connectivity index (χ1v) is 17.6. The molecule has 0 saturated heterocycles. The molecular formula is C46H28N2S. The number of aromatic nitrogens is 2. The predicted octanol–water partition coefficient (Wildman–Crippen LogP) is 13.1. The standard InChI is InChI=1S/C46H28N2S/c1-2-12-33(13-3-1)47-40-16-8-6-14-35(40)38-27-31(19-23-41(38)47)32-20-24-42-39(28-32)45-43(25-22-37-36-15-7-9-17-44(36)49-46(37)45)48(42)34-21-18-29-10-4-5-11-30(29)26-34/h1-28H. The Morgan fingerprint density at radius 3 is 1.84 bits per heavy atom. The van der Waals surface area contributed by atoms with Gasteiger partial charge in [-0.2, -0.15) is 0 Å². The molecule has 228 valence electrons. The van der Waals surface area contributed by atoms with Gasteiger partial charge in [0.05, 0.1) is 22.1 Å². The molecule has 11 aromatic rings. The molecule has 3 aromatic heterocycles. The molecule has 3 heterocycles. The number of hydrogen-bond donors (Lipinski definition) is 0. The van der Waals surface area contributed by atoms with Gasteiger partial charge in [-0.05, 0) is 88.6 Å². The molecule has 2 nitrogen and oxygen atoms in total. The third-order valence-electron chi connectivity index (χ3n) is 10.3. The summed E-state index contributed by atoms with van der Waals surface area (Å²) in [4.78, 5) is 0. The van der Waals surface area contributed by atoms with Gasteiger partial charge in [-0.1, -0.05) is 103 Å². The molecule has 8 aromatic carbocycles. The highest BCUT2D eigenvalue weighted by molar-refractivity contribution is 7.26. The molecule has 0 amide bonds. The molecule has 0 aliphatic rings. The first kappa shape index (κ1) is 26.9. The summed E-state index contributed by atoms with van der Waals surface area (Å²) in [7, 11) is 0. The van der Waals surface area contributed by atoms with Crippen LogP contribution < -0.4 is 0 Å². The van der Waals surface area contributed by atoms with Crippen LogP contribution in [-0.4, -0.2) is 9.13 Å². The fraction of sp³-hybridized carbons (Fsp3) is 0. The number of nitrogens with zero attached hydrogens (tertiary/aromatic N) is 2. The number of benzene rings is 8. The second-order valence-corrected chi connectivity index (χ2v) is 14.0. The van der Waals surface area contributed by atoms with Crippen LogP contribution in [0.2, 0.25) is 0 Å². The van der Waals surface area contributed by atoms with Crippen LogP contribution in [0.4, 0.5) is 0 Å². The summed E-state index contributed by atoms with van der Waals surface area (Å²) in [6.07, 6.45) is 0. The van der Waals surface area contributed by atoms with Gasteiger partial charge in [0.25, 0.3) is 0 Å². The Kier molecular flexibility index (Phi) is 5.57. The van der Waals surface area contributed by atoms with Gasteiger partial charge in [0.1, 0.15) is 0 Å². The smallest absolute Gasteiger partial charge is 0.0555 e. The van der Waals surface area contributed by atoms with Gasteiger partial charge in [0, 0.05) is 53.1 Å². The zero-order valence-electron chi connectivity index (χ0n) is 26.5. The Morgan fingerprint density at radius 1 is 0.347 bits per heavy atom. The van der Waals surface area contributed by atoms with Crippen LogP contribution in [0.3, 0.4) is 0 Å². The molecular weight excluding hydrogens is 613 g/mol. The van der Waals surface area contributed by atoms with Crippen LogP contribution in [0.1, 0.15) is 0 Å². The van der Waals surface area contributed by atoms with Crippen LogP contribution in [-0.2, 0) is 0 Å². The summed E-state index contributed by atoms with van der Waals surface area (Å²) in [6.45, 7) is 0. The maximum atomic E-state index is 2.46. The third kappa shape index (κ3) is 3.88. The molecule has 0 unspecified atom stereocenters. The topological polar surface area (TPSA) is 9.86 Å². The molecule has 0 atom stereocenters. The molecule has 49 heavy (non-hydrogen) atoms. The molecule has 11 rings (SSSR count). The summed E-state index contributed by atoms with van der Waals surface area (Å²) in [5.74, 6) is 0. The second kappa shape index (κ2) is 10.2. The van der Waals surface area contributed by atoms with Gasteiger partial charge < -0.3 is 9.13 Å². The number of fused-ring (bicyclic) bond motifs is 11. The van der Waals surface area contributed by atoms with Crippen molar-refractivity contribution in [2.75, 3.05) is 0 Å². The highest BCUT2D eigenvalue weighted by atomic mass is 32.1. The summed E-state index contributed by atoms with van der Waals surface area (Å²) >= 11 is 1.91. The second-order valence-electron chi connectivity index (χ2n) is 13.0. The first-order chi connectivity index (χ1) is 24.3. The number of rotatable bonds is 3. The van der Waals surface area contributed by atoms with Gasteiger partial charge in [-0.15, -0.1) is 11.3 Å². The van der Waals surface area contributed by atoms with E-state index < -0.39 is 0 Å². The van der Waals surface area contributed by atoms with Crippen LogP contribution in [0.25, 0.3) is 97.1 Å². The zero-order chi connectivity index (χ0) is 32.1. The van der Waals surface area contributed by atoms with Crippen molar-refractivity contribution in [2.24, 2.45) is 0 Å². The zero-order valence-corrected chi connectivity index (χ0v) is 27.3. The predicted molar refractivity (Wildman–Crippen MR) is 211 cm³/mol. The van der Waals surface area contributed by atoms with Gasteiger partial charge in [-0.25, -0.2) is 0 Å². The molecule has 0 aliphatic heterocycles. The summed E-state index contributed by atoms with van der Waals surface area (Å²) in [5.41, 5.74) is 9.71. The van der Waals surface area contributed by atoms with Crippen LogP contribution in [0, 0.1) is 0 Å². The fourth-order valence-electron chi connectivity index (χ4n) is 8.07. The van der Waals surface area contributed by atoms with Crippen molar-refractivity contribution >= 4 is 85.9 Å². The van der Waals surface area contributed by atoms with Gasteiger partial charge in [0.15, 0.2) is 0 Å². The van der Waals surface area contributed by atoms with Crippen molar-refractivity contribution in [1.29, 1.82) is 0 Å². The Hall–Kier alpha value is -6.16.